The molecule has 2 saturated heterocycles. The highest BCUT2D eigenvalue weighted by Gasteiger charge is 2.49. The standard InChI is InChI=1S/C24H27N3O3/c1-16-8-6-7-11-20(16)23-21-15-26(13-19(21)14-27(23)17(2)28)22(29)12-25-24(30)18-9-4-3-5-10-18/h3-11,19,21,23H,12-15H2,1-2H3,(H,25,30)/t19-,21-,23-/m1/s1. The first kappa shape index (κ1) is 20.1. The second-order valence-corrected chi connectivity index (χ2v) is 8.24. The van der Waals surface area contributed by atoms with Gasteiger partial charge in [0.2, 0.25) is 11.8 Å². The summed E-state index contributed by atoms with van der Waals surface area (Å²) in [7, 11) is 0. The first-order chi connectivity index (χ1) is 14.5. The Hall–Kier alpha value is -3.15. The number of hydrogen-bond acceptors (Lipinski definition) is 3. The first-order valence-corrected chi connectivity index (χ1v) is 10.4. The molecule has 0 aromatic heterocycles. The molecule has 2 aromatic rings. The van der Waals surface area contributed by atoms with Crippen molar-refractivity contribution in [1.82, 2.24) is 15.1 Å². The molecule has 30 heavy (non-hydrogen) atoms. The Morgan fingerprint density at radius 3 is 2.37 bits per heavy atom. The molecular weight excluding hydrogens is 378 g/mol. The number of fused-ring (bicyclic) bond motifs is 1. The van der Waals surface area contributed by atoms with Crippen molar-refractivity contribution in [2.45, 2.75) is 19.9 Å². The zero-order valence-corrected chi connectivity index (χ0v) is 17.4. The lowest BCUT2D eigenvalue weighted by molar-refractivity contribution is -0.131. The smallest absolute Gasteiger partial charge is 0.251 e. The van der Waals surface area contributed by atoms with Crippen LogP contribution in [0.4, 0.5) is 0 Å². The summed E-state index contributed by atoms with van der Waals surface area (Å²) in [4.78, 5) is 41.1. The second kappa shape index (κ2) is 8.30. The van der Waals surface area contributed by atoms with E-state index in [4.69, 9.17) is 0 Å². The molecule has 3 amide bonds. The van der Waals surface area contributed by atoms with Gasteiger partial charge in [0.1, 0.15) is 0 Å². The number of nitrogens with one attached hydrogen (secondary N) is 1. The Balaban J connectivity index is 1.44. The number of amides is 3. The van der Waals surface area contributed by atoms with Gasteiger partial charge in [-0.1, -0.05) is 42.5 Å². The predicted octanol–water partition coefficient (Wildman–Crippen LogP) is 2.40. The van der Waals surface area contributed by atoms with E-state index in [2.05, 4.69) is 24.4 Å². The molecule has 4 rings (SSSR count). The summed E-state index contributed by atoms with van der Waals surface area (Å²) in [5, 5.41) is 2.73. The lowest BCUT2D eigenvalue weighted by Gasteiger charge is -2.30. The van der Waals surface area contributed by atoms with Crippen molar-refractivity contribution in [3.8, 4) is 0 Å². The van der Waals surface area contributed by atoms with E-state index >= 15 is 0 Å². The van der Waals surface area contributed by atoms with Gasteiger partial charge in [0.05, 0.1) is 12.6 Å². The van der Waals surface area contributed by atoms with E-state index in [-0.39, 0.29) is 42.1 Å². The summed E-state index contributed by atoms with van der Waals surface area (Å²) < 4.78 is 0. The Kier molecular flexibility index (Phi) is 5.57. The largest absolute Gasteiger partial charge is 0.343 e. The summed E-state index contributed by atoms with van der Waals surface area (Å²) in [5.41, 5.74) is 2.86. The van der Waals surface area contributed by atoms with E-state index in [1.165, 1.54) is 0 Å². The Bertz CT molecular complexity index is 959. The molecule has 2 heterocycles. The monoisotopic (exact) mass is 405 g/mol. The third-order valence-electron chi connectivity index (χ3n) is 6.36. The van der Waals surface area contributed by atoms with Crippen molar-refractivity contribution in [3.63, 3.8) is 0 Å². The molecule has 1 N–H and O–H groups in total. The van der Waals surface area contributed by atoms with Gasteiger partial charge in [0.25, 0.3) is 5.91 Å². The van der Waals surface area contributed by atoms with Crippen molar-refractivity contribution in [3.05, 3.63) is 71.3 Å². The molecule has 0 unspecified atom stereocenters. The van der Waals surface area contributed by atoms with Gasteiger partial charge in [-0.15, -0.1) is 0 Å². The Morgan fingerprint density at radius 1 is 0.967 bits per heavy atom. The molecule has 3 atom stereocenters. The highest BCUT2D eigenvalue weighted by molar-refractivity contribution is 5.96. The number of benzene rings is 2. The molecule has 2 aliphatic heterocycles. The van der Waals surface area contributed by atoms with Crippen LogP contribution in [0.15, 0.2) is 54.6 Å². The van der Waals surface area contributed by atoms with Gasteiger partial charge in [0, 0.05) is 44.0 Å². The van der Waals surface area contributed by atoms with Crippen LogP contribution < -0.4 is 5.32 Å². The molecule has 0 aliphatic carbocycles. The summed E-state index contributed by atoms with van der Waals surface area (Å²) >= 11 is 0. The topological polar surface area (TPSA) is 69.7 Å². The van der Waals surface area contributed by atoms with Crippen LogP contribution in [0.25, 0.3) is 0 Å². The quantitative estimate of drug-likeness (QED) is 0.849. The average Bonchev–Trinajstić information content (AvgIpc) is 3.31. The first-order valence-electron chi connectivity index (χ1n) is 10.4. The number of carbonyl (C=O) groups is 3. The fourth-order valence-corrected chi connectivity index (χ4v) is 4.85. The minimum atomic E-state index is -0.246. The molecule has 2 fully saturated rings. The molecule has 2 aromatic carbocycles. The molecule has 0 radical (unpaired) electrons. The van der Waals surface area contributed by atoms with Crippen molar-refractivity contribution < 1.29 is 14.4 Å². The van der Waals surface area contributed by atoms with Gasteiger partial charge >= 0.3 is 0 Å². The number of rotatable bonds is 4. The van der Waals surface area contributed by atoms with Crippen molar-refractivity contribution in [2.24, 2.45) is 11.8 Å². The third kappa shape index (κ3) is 3.82. The van der Waals surface area contributed by atoms with Crippen molar-refractivity contribution >= 4 is 17.7 Å². The zero-order chi connectivity index (χ0) is 21.3. The van der Waals surface area contributed by atoms with Gasteiger partial charge in [-0.2, -0.15) is 0 Å². The van der Waals surface area contributed by atoms with Gasteiger partial charge in [0.15, 0.2) is 0 Å². The molecule has 0 bridgehead atoms. The minimum absolute atomic E-state index is 0.00888. The van der Waals surface area contributed by atoms with E-state index in [0.717, 1.165) is 11.1 Å². The van der Waals surface area contributed by atoms with Gasteiger partial charge < -0.3 is 15.1 Å². The maximum atomic E-state index is 12.8. The molecular formula is C24H27N3O3. The normalized spacial score (nSPS) is 22.7. The molecule has 6 heteroatoms. The summed E-state index contributed by atoms with van der Waals surface area (Å²) in [6, 6.07) is 17.0. The predicted molar refractivity (Wildman–Crippen MR) is 114 cm³/mol. The number of likely N-dealkylation sites (tertiary alicyclic amines) is 2. The SMILES string of the molecule is CC(=O)N1C[C@H]2CN(C(=O)CNC(=O)c3ccccc3)C[C@H]2[C@H]1c1ccccc1C. The summed E-state index contributed by atoms with van der Waals surface area (Å²) in [6.45, 7) is 5.56. The Labute approximate surface area is 176 Å². The Morgan fingerprint density at radius 2 is 1.67 bits per heavy atom. The van der Waals surface area contributed by atoms with Crippen LogP contribution in [0.5, 0.6) is 0 Å². The van der Waals surface area contributed by atoms with E-state index in [1.807, 2.05) is 28.0 Å². The lowest BCUT2D eigenvalue weighted by atomic mass is 9.87. The zero-order valence-electron chi connectivity index (χ0n) is 17.4. The van der Waals surface area contributed by atoms with E-state index in [0.29, 0.717) is 25.2 Å². The molecule has 156 valence electrons. The fraction of sp³-hybridized carbons (Fsp3) is 0.375. The maximum Gasteiger partial charge on any atom is 0.251 e. The second-order valence-electron chi connectivity index (χ2n) is 8.24. The average molecular weight is 405 g/mol. The minimum Gasteiger partial charge on any atom is -0.343 e. The van der Waals surface area contributed by atoms with E-state index in [9.17, 15) is 14.4 Å². The molecule has 6 nitrogen and oxygen atoms in total. The van der Waals surface area contributed by atoms with Crippen LogP contribution >= 0.6 is 0 Å². The third-order valence-corrected chi connectivity index (χ3v) is 6.36. The number of nitrogens with zero attached hydrogens (tertiary/aromatic N) is 2. The number of hydrogen-bond donors (Lipinski definition) is 1. The van der Waals surface area contributed by atoms with Crippen LogP contribution in [0, 0.1) is 18.8 Å². The maximum absolute atomic E-state index is 12.8. The highest BCUT2D eigenvalue weighted by Crippen LogP contribution is 2.45. The summed E-state index contributed by atoms with van der Waals surface area (Å²) in [5.74, 6) is 0.220. The molecule has 0 spiro atoms. The van der Waals surface area contributed by atoms with Crippen LogP contribution in [0.3, 0.4) is 0 Å². The highest BCUT2D eigenvalue weighted by atomic mass is 16.2. The fourth-order valence-electron chi connectivity index (χ4n) is 4.85. The van der Waals surface area contributed by atoms with E-state index < -0.39 is 0 Å². The van der Waals surface area contributed by atoms with E-state index in [1.54, 1.807) is 31.2 Å². The van der Waals surface area contributed by atoms with Gasteiger partial charge in [-0.25, -0.2) is 0 Å². The van der Waals surface area contributed by atoms with Crippen molar-refractivity contribution in [2.75, 3.05) is 26.2 Å². The lowest BCUT2D eigenvalue weighted by Crippen LogP contribution is -2.41. The summed E-state index contributed by atoms with van der Waals surface area (Å²) in [6.07, 6.45) is 0. The van der Waals surface area contributed by atoms with Crippen LogP contribution in [0.1, 0.15) is 34.5 Å². The van der Waals surface area contributed by atoms with Gasteiger partial charge in [-0.3, -0.25) is 14.4 Å². The van der Waals surface area contributed by atoms with Crippen LogP contribution in [-0.4, -0.2) is 53.7 Å². The number of aryl methyl sites for hydroxylation is 1. The van der Waals surface area contributed by atoms with Crippen LogP contribution in [0.2, 0.25) is 0 Å². The van der Waals surface area contributed by atoms with Gasteiger partial charge in [-0.05, 0) is 30.2 Å². The van der Waals surface area contributed by atoms with Crippen molar-refractivity contribution in [1.29, 1.82) is 0 Å². The molecule has 0 saturated carbocycles. The number of carbonyl (C=O) groups excluding carboxylic acids is 3. The molecule has 2 aliphatic rings. The van der Waals surface area contributed by atoms with Crippen LogP contribution in [-0.2, 0) is 9.59 Å².